The highest BCUT2D eigenvalue weighted by atomic mass is 16.5. The predicted molar refractivity (Wildman–Crippen MR) is 113 cm³/mol. The van der Waals surface area contributed by atoms with Crippen molar-refractivity contribution in [2.24, 2.45) is 0 Å². The van der Waals surface area contributed by atoms with Crippen LogP contribution in [0.2, 0.25) is 0 Å². The van der Waals surface area contributed by atoms with Gasteiger partial charge < -0.3 is 24.2 Å². The van der Waals surface area contributed by atoms with Crippen LogP contribution in [0.5, 0.6) is 11.5 Å². The largest absolute Gasteiger partial charge is 0.493 e. The first-order valence-electron chi connectivity index (χ1n) is 9.88. The summed E-state index contributed by atoms with van der Waals surface area (Å²) in [6, 6.07) is 11.8. The Kier molecular flexibility index (Phi) is 7.30. The molecule has 0 saturated carbocycles. The lowest BCUT2D eigenvalue weighted by atomic mass is 10.0. The average Bonchev–Trinajstić information content (AvgIpc) is 3.10. The Morgan fingerprint density at radius 3 is 2.76 bits per heavy atom. The lowest BCUT2D eigenvalue weighted by Crippen LogP contribution is -2.43. The second-order valence-electron chi connectivity index (χ2n) is 7.58. The zero-order chi connectivity index (χ0) is 20.7. The van der Waals surface area contributed by atoms with E-state index in [0.29, 0.717) is 44.3 Å². The maximum absolute atomic E-state index is 11.1. The molecule has 1 atom stereocenters. The standard InChI is InChI=1S/C22H31N3O4/c1-24(15-18-7-8-19(28-3)20(14-18)29-13-12-27-2)16-22(26)9-11-25(17-22)21-6-4-5-10-23-21/h4-8,10,14,26H,9,11-13,15-17H2,1-3H3/t22-/m1/s1. The molecule has 0 unspecified atom stereocenters. The minimum Gasteiger partial charge on any atom is -0.493 e. The Balaban J connectivity index is 1.58. The maximum Gasteiger partial charge on any atom is 0.161 e. The van der Waals surface area contributed by atoms with Crippen LogP contribution in [0.3, 0.4) is 0 Å². The van der Waals surface area contributed by atoms with Gasteiger partial charge in [0.1, 0.15) is 12.4 Å². The van der Waals surface area contributed by atoms with E-state index in [1.807, 2.05) is 43.4 Å². The quantitative estimate of drug-likeness (QED) is 0.612. The average molecular weight is 402 g/mol. The number of β-amino-alcohol motifs (C(OH)–C–C–N with tert-alkyl or cyclic N) is 1. The molecule has 1 N–H and O–H groups in total. The van der Waals surface area contributed by atoms with Crippen molar-refractivity contribution >= 4 is 5.82 Å². The van der Waals surface area contributed by atoms with E-state index in [9.17, 15) is 5.11 Å². The first-order valence-corrected chi connectivity index (χ1v) is 9.88. The number of benzene rings is 1. The van der Waals surface area contributed by atoms with Gasteiger partial charge in [-0.1, -0.05) is 12.1 Å². The molecule has 2 heterocycles. The van der Waals surface area contributed by atoms with Gasteiger partial charge in [0.05, 0.1) is 19.3 Å². The van der Waals surface area contributed by atoms with E-state index in [4.69, 9.17) is 14.2 Å². The molecule has 158 valence electrons. The van der Waals surface area contributed by atoms with Crippen molar-refractivity contribution in [3.63, 3.8) is 0 Å². The molecule has 7 heteroatoms. The molecule has 1 saturated heterocycles. The van der Waals surface area contributed by atoms with E-state index in [-0.39, 0.29) is 0 Å². The molecule has 0 spiro atoms. The fraction of sp³-hybridized carbons (Fsp3) is 0.500. The number of nitrogens with zero attached hydrogens (tertiary/aromatic N) is 3. The molecule has 1 fully saturated rings. The van der Waals surface area contributed by atoms with E-state index in [2.05, 4.69) is 14.8 Å². The van der Waals surface area contributed by atoms with Crippen molar-refractivity contribution < 1.29 is 19.3 Å². The van der Waals surface area contributed by atoms with Gasteiger partial charge in [0, 0.05) is 39.5 Å². The predicted octanol–water partition coefficient (Wildman–Crippen LogP) is 2.19. The van der Waals surface area contributed by atoms with E-state index >= 15 is 0 Å². The Hall–Kier alpha value is -2.35. The molecular weight excluding hydrogens is 370 g/mol. The van der Waals surface area contributed by atoms with Gasteiger partial charge in [-0.05, 0) is 43.3 Å². The Labute approximate surface area is 172 Å². The van der Waals surface area contributed by atoms with Crippen molar-refractivity contribution in [3.8, 4) is 11.5 Å². The smallest absolute Gasteiger partial charge is 0.161 e. The van der Waals surface area contributed by atoms with Crippen LogP contribution in [0, 0.1) is 0 Å². The third-order valence-electron chi connectivity index (χ3n) is 5.10. The molecule has 0 aliphatic carbocycles. The number of pyridine rings is 1. The van der Waals surface area contributed by atoms with E-state index in [0.717, 1.165) is 24.3 Å². The molecule has 0 radical (unpaired) electrons. The number of anilines is 1. The lowest BCUT2D eigenvalue weighted by molar-refractivity contribution is 0.0279. The van der Waals surface area contributed by atoms with Crippen LogP contribution in [0.15, 0.2) is 42.6 Å². The normalized spacial score (nSPS) is 19.0. The number of ether oxygens (including phenoxy) is 3. The summed E-state index contributed by atoms with van der Waals surface area (Å²) < 4.78 is 16.2. The Bertz CT molecular complexity index is 774. The molecule has 1 aliphatic heterocycles. The van der Waals surface area contributed by atoms with Crippen molar-refractivity contribution in [1.29, 1.82) is 0 Å². The van der Waals surface area contributed by atoms with Gasteiger partial charge in [-0.2, -0.15) is 0 Å². The number of hydrogen-bond acceptors (Lipinski definition) is 7. The monoisotopic (exact) mass is 401 g/mol. The summed E-state index contributed by atoms with van der Waals surface area (Å²) in [7, 11) is 5.30. The van der Waals surface area contributed by atoms with Crippen LogP contribution < -0.4 is 14.4 Å². The minimum atomic E-state index is -0.753. The van der Waals surface area contributed by atoms with Crippen LogP contribution in [0.4, 0.5) is 5.82 Å². The molecule has 3 rings (SSSR count). The summed E-state index contributed by atoms with van der Waals surface area (Å²) in [4.78, 5) is 8.68. The third kappa shape index (κ3) is 5.82. The molecule has 1 aromatic carbocycles. The van der Waals surface area contributed by atoms with Gasteiger partial charge in [0.25, 0.3) is 0 Å². The van der Waals surface area contributed by atoms with Gasteiger partial charge in [-0.3, -0.25) is 4.90 Å². The van der Waals surface area contributed by atoms with E-state index < -0.39 is 5.60 Å². The molecule has 29 heavy (non-hydrogen) atoms. The molecule has 0 bridgehead atoms. The molecule has 1 aromatic heterocycles. The van der Waals surface area contributed by atoms with Crippen molar-refractivity contribution in [2.45, 2.75) is 18.6 Å². The molecule has 1 aliphatic rings. The third-order valence-corrected chi connectivity index (χ3v) is 5.10. The van der Waals surface area contributed by atoms with Crippen LogP contribution in [0.1, 0.15) is 12.0 Å². The Morgan fingerprint density at radius 2 is 2.03 bits per heavy atom. The van der Waals surface area contributed by atoms with Crippen LogP contribution in [-0.4, -0.2) is 74.7 Å². The summed E-state index contributed by atoms with van der Waals surface area (Å²) in [5, 5.41) is 11.1. The summed E-state index contributed by atoms with van der Waals surface area (Å²) in [5.74, 6) is 2.32. The Morgan fingerprint density at radius 1 is 1.17 bits per heavy atom. The van der Waals surface area contributed by atoms with Crippen LogP contribution in [0.25, 0.3) is 0 Å². The second kappa shape index (κ2) is 9.91. The van der Waals surface area contributed by atoms with Crippen LogP contribution in [-0.2, 0) is 11.3 Å². The zero-order valence-corrected chi connectivity index (χ0v) is 17.5. The summed E-state index contributed by atoms with van der Waals surface area (Å²) in [6.45, 7) is 3.67. The number of methoxy groups -OCH3 is 2. The highest BCUT2D eigenvalue weighted by Gasteiger charge is 2.37. The molecular formula is C22H31N3O4. The molecule has 2 aromatic rings. The maximum atomic E-state index is 11.1. The van der Waals surface area contributed by atoms with Crippen LogP contribution >= 0.6 is 0 Å². The minimum absolute atomic E-state index is 0.468. The summed E-state index contributed by atoms with van der Waals surface area (Å²) in [5.41, 5.74) is 0.347. The van der Waals surface area contributed by atoms with Gasteiger partial charge in [-0.25, -0.2) is 4.98 Å². The fourth-order valence-electron chi connectivity index (χ4n) is 3.76. The molecule has 0 amide bonds. The van der Waals surface area contributed by atoms with Crippen molar-refractivity contribution in [3.05, 3.63) is 48.2 Å². The number of aliphatic hydroxyl groups is 1. The number of rotatable bonds is 10. The lowest BCUT2D eigenvalue weighted by Gasteiger charge is -2.29. The SMILES string of the molecule is COCCOc1cc(CN(C)C[C@]2(O)CCN(c3ccccn3)C2)ccc1OC. The fourth-order valence-corrected chi connectivity index (χ4v) is 3.76. The second-order valence-corrected chi connectivity index (χ2v) is 7.58. The van der Waals surface area contributed by atoms with Gasteiger partial charge >= 0.3 is 0 Å². The van der Waals surface area contributed by atoms with E-state index in [1.165, 1.54) is 0 Å². The van der Waals surface area contributed by atoms with Gasteiger partial charge in [0.15, 0.2) is 11.5 Å². The van der Waals surface area contributed by atoms with Crippen molar-refractivity contribution in [2.75, 3.05) is 59.0 Å². The number of likely N-dealkylation sites (N-methyl/N-ethyl adjacent to an activating group) is 1. The van der Waals surface area contributed by atoms with Gasteiger partial charge in [-0.15, -0.1) is 0 Å². The molecule has 7 nitrogen and oxygen atoms in total. The van der Waals surface area contributed by atoms with E-state index in [1.54, 1.807) is 20.4 Å². The zero-order valence-electron chi connectivity index (χ0n) is 17.5. The topological polar surface area (TPSA) is 67.3 Å². The summed E-state index contributed by atoms with van der Waals surface area (Å²) in [6.07, 6.45) is 2.51. The number of hydrogen-bond donors (Lipinski definition) is 1. The number of aromatic nitrogens is 1. The first kappa shape index (κ1) is 21.4. The highest BCUT2D eigenvalue weighted by molar-refractivity contribution is 5.43. The van der Waals surface area contributed by atoms with Gasteiger partial charge in [0.2, 0.25) is 0 Å². The highest BCUT2D eigenvalue weighted by Crippen LogP contribution is 2.30. The summed E-state index contributed by atoms with van der Waals surface area (Å²) >= 11 is 0. The van der Waals surface area contributed by atoms with Crippen molar-refractivity contribution in [1.82, 2.24) is 9.88 Å². The first-order chi connectivity index (χ1) is 14.0.